The van der Waals surface area contributed by atoms with Crippen molar-refractivity contribution in [1.29, 1.82) is 0 Å². The predicted molar refractivity (Wildman–Crippen MR) is 67.2 cm³/mol. The van der Waals surface area contributed by atoms with E-state index in [9.17, 15) is 8.42 Å². The minimum Gasteiger partial charge on any atom is -0.330 e. The maximum absolute atomic E-state index is 11.0. The number of hydrogen-bond donors (Lipinski definition) is 1. The van der Waals surface area contributed by atoms with Crippen molar-refractivity contribution in [3.05, 3.63) is 0 Å². The molecule has 0 aromatic heterocycles. The first-order valence-electron chi connectivity index (χ1n) is 5.93. The van der Waals surface area contributed by atoms with Crippen molar-refractivity contribution in [3.8, 4) is 0 Å². The second-order valence-electron chi connectivity index (χ2n) is 5.24. The molecule has 0 aromatic rings. The van der Waals surface area contributed by atoms with E-state index >= 15 is 0 Å². The third-order valence-electron chi connectivity index (χ3n) is 3.71. The molecule has 0 saturated heterocycles. The number of nitrogens with two attached hydrogens (primary N) is 1. The molecular weight excluding hydrogens is 224 g/mol. The van der Waals surface area contributed by atoms with Gasteiger partial charge in [0.25, 0.3) is 0 Å². The number of hydrogen-bond acceptors (Lipinski definition) is 4. The van der Waals surface area contributed by atoms with Crippen LogP contribution in [0.2, 0.25) is 0 Å². The van der Waals surface area contributed by atoms with Crippen LogP contribution in [0.25, 0.3) is 0 Å². The van der Waals surface area contributed by atoms with Gasteiger partial charge < -0.3 is 10.6 Å². The molecule has 0 heterocycles. The van der Waals surface area contributed by atoms with Gasteiger partial charge in [-0.2, -0.15) is 0 Å². The predicted octanol–water partition coefficient (Wildman–Crippen LogP) is 0.482. The summed E-state index contributed by atoms with van der Waals surface area (Å²) >= 11 is 0. The molecule has 0 unspecified atom stereocenters. The van der Waals surface area contributed by atoms with Gasteiger partial charge in [0.05, 0.1) is 5.75 Å². The second-order valence-corrected chi connectivity index (χ2v) is 7.50. The van der Waals surface area contributed by atoms with E-state index in [0.29, 0.717) is 12.0 Å². The Balaban J connectivity index is 2.22. The van der Waals surface area contributed by atoms with E-state index in [0.717, 1.165) is 19.5 Å². The van der Waals surface area contributed by atoms with Crippen LogP contribution in [0.4, 0.5) is 0 Å². The zero-order valence-electron chi connectivity index (χ0n) is 10.4. The Hall–Kier alpha value is -0.130. The van der Waals surface area contributed by atoms with Gasteiger partial charge in [-0.15, -0.1) is 0 Å². The summed E-state index contributed by atoms with van der Waals surface area (Å²) in [5.41, 5.74) is 6.14. The first-order valence-corrected chi connectivity index (χ1v) is 7.99. The summed E-state index contributed by atoms with van der Waals surface area (Å²) in [5.74, 6) is 0.249. The topological polar surface area (TPSA) is 63.4 Å². The highest BCUT2D eigenvalue weighted by Crippen LogP contribution is 2.42. The largest absolute Gasteiger partial charge is 0.330 e. The molecule has 1 rings (SSSR count). The van der Waals surface area contributed by atoms with Gasteiger partial charge in [0, 0.05) is 12.8 Å². The van der Waals surface area contributed by atoms with E-state index in [1.807, 2.05) is 7.05 Å². The van der Waals surface area contributed by atoms with Crippen LogP contribution in [-0.4, -0.2) is 52.0 Å². The molecule has 0 bridgehead atoms. The Morgan fingerprint density at radius 1 is 1.31 bits per heavy atom. The molecule has 96 valence electrons. The fourth-order valence-electron chi connectivity index (χ4n) is 2.09. The lowest BCUT2D eigenvalue weighted by molar-refractivity contribution is 0.113. The Labute approximate surface area is 99.1 Å². The van der Waals surface area contributed by atoms with Crippen molar-refractivity contribution >= 4 is 9.84 Å². The quantitative estimate of drug-likeness (QED) is 0.712. The van der Waals surface area contributed by atoms with Crippen molar-refractivity contribution < 1.29 is 8.42 Å². The van der Waals surface area contributed by atoms with Crippen LogP contribution in [0.3, 0.4) is 0 Å². The standard InChI is InChI=1S/C11H24N2O2S/c1-13(8-9-16(2,14)15)7-6-11(10-12)4-3-5-11/h3-10,12H2,1-2H3. The van der Waals surface area contributed by atoms with E-state index in [2.05, 4.69) is 4.90 Å². The molecule has 0 aromatic carbocycles. The zero-order valence-corrected chi connectivity index (χ0v) is 11.2. The van der Waals surface area contributed by atoms with E-state index in [4.69, 9.17) is 5.73 Å². The molecule has 1 aliphatic carbocycles. The molecule has 5 heteroatoms. The summed E-state index contributed by atoms with van der Waals surface area (Å²) in [5, 5.41) is 0. The number of nitrogens with zero attached hydrogens (tertiary/aromatic N) is 1. The molecule has 16 heavy (non-hydrogen) atoms. The summed E-state index contributed by atoms with van der Waals surface area (Å²) in [6, 6.07) is 0. The SMILES string of the molecule is CN(CCC1(CN)CCC1)CCS(C)(=O)=O. The first kappa shape index (κ1) is 13.9. The van der Waals surface area contributed by atoms with Gasteiger partial charge >= 0.3 is 0 Å². The van der Waals surface area contributed by atoms with Gasteiger partial charge in [-0.3, -0.25) is 0 Å². The lowest BCUT2D eigenvalue weighted by atomic mass is 9.67. The smallest absolute Gasteiger partial charge is 0.148 e. The third kappa shape index (κ3) is 4.39. The van der Waals surface area contributed by atoms with E-state index in [1.165, 1.54) is 25.5 Å². The Morgan fingerprint density at radius 3 is 2.31 bits per heavy atom. The van der Waals surface area contributed by atoms with Crippen molar-refractivity contribution in [1.82, 2.24) is 4.90 Å². The van der Waals surface area contributed by atoms with Crippen molar-refractivity contribution in [2.45, 2.75) is 25.7 Å². The Bertz CT molecular complexity index is 304. The first-order chi connectivity index (χ1) is 7.37. The molecule has 1 aliphatic rings. The molecule has 1 fully saturated rings. The molecule has 2 N–H and O–H groups in total. The van der Waals surface area contributed by atoms with Crippen LogP contribution in [0.5, 0.6) is 0 Å². The van der Waals surface area contributed by atoms with Crippen molar-refractivity contribution in [2.24, 2.45) is 11.1 Å². The fourth-order valence-corrected chi connectivity index (χ4v) is 2.74. The maximum Gasteiger partial charge on any atom is 0.148 e. The van der Waals surface area contributed by atoms with Gasteiger partial charge in [-0.1, -0.05) is 6.42 Å². The van der Waals surface area contributed by atoms with E-state index in [-0.39, 0.29) is 5.75 Å². The molecule has 1 saturated carbocycles. The molecule has 0 radical (unpaired) electrons. The monoisotopic (exact) mass is 248 g/mol. The summed E-state index contributed by atoms with van der Waals surface area (Å²) in [4.78, 5) is 2.09. The van der Waals surface area contributed by atoms with Gasteiger partial charge in [-0.25, -0.2) is 8.42 Å². The zero-order chi connectivity index (χ0) is 12.2. The van der Waals surface area contributed by atoms with Crippen LogP contribution in [-0.2, 0) is 9.84 Å². The van der Waals surface area contributed by atoms with Crippen LogP contribution in [0.15, 0.2) is 0 Å². The van der Waals surface area contributed by atoms with Crippen LogP contribution >= 0.6 is 0 Å². The lowest BCUT2D eigenvalue weighted by Gasteiger charge is -2.42. The summed E-state index contributed by atoms with van der Waals surface area (Å²) in [6.07, 6.45) is 6.16. The van der Waals surface area contributed by atoms with E-state index in [1.54, 1.807) is 0 Å². The van der Waals surface area contributed by atoms with Crippen LogP contribution < -0.4 is 5.73 Å². The highest BCUT2D eigenvalue weighted by atomic mass is 32.2. The molecule has 0 amide bonds. The maximum atomic E-state index is 11.0. The van der Waals surface area contributed by atoms with Crippen LogP contribution in [0.1, 0.15) is 25.7 Å². The fraction of sp³-hybridized carbons (Fsp3) is 1.00. The van der Waals surface area contributed by atoms with Crippen molar-refractivity contribution in [2.75, 3.05) is 38.7 Å². The highest BCUT2D eigenvalue weighted by Gasteiger charge is 2.35. The lowest BCUT2D eigenvalue weighted by Crippen LogP contribution is -2.40. The van der Waals surface area contributed by atoms with Gasteiger partial charge in [0.15, 0.2) is 0 Å². The Kier molecular flexibility index (Phi) is 4.76. The summed E-state index contributed by atoms with van der Waals surface area (Å²) in [6.45, 7) is 2.35. The molecular formula is C11H24N2O2S. The van der Waals surface area contributed by atoms with Gasteiger partial charge in [-0.05, 0) is 44.8 Å². The molecule has 0 spiro atoms. The van der Waals surface area contributed by atoms with Gasteiger partial charge in [0.1, 0.15) is 9.84 Å². The second kappa shape index (κ2) is 5.47. The van der Waals surface area contributed by atoms with Gasteiger partial charge in [0.2, 0.25) is 0 Å². The molecule has 0 aliphatic heterocycles. The molecule has 4 nitrogen and oxygen atoms in total. The van der Waals surface area contributed by atoms with Crippen molar-refractivity contribution in [3.63, 3.8) is 0 Å². The average Bonchev–Trinajstić information content (AvgIpc) is 2.13. The third-order valence-corrected chi connectivity index (χ3v) is 4.64. The highest BCUT2D eigenvalue weighted by molar-refractivity contribution is 7.90. The van der Waals surface area contributed by atoms with Crippen LogP contribution in [0, 0.1) is 5.41 Å². The number of rotatable bonds is 7. The summed E-state index contributed by atoms with van der Waals surface area (Å²) < 4.78 is 22.0. The minimum absolute atomic E-state index is 0.249. The normalized spacial score (nSPS) is 19.8. The molecule has 0 atom stereocenters. The summed E-state index contributed by atoms with van der Waals surface area (Å²) in [7, 11) is -0.856. The average molecular weight is 248 g/mol. The Morgan fingerprint density at radius 2 is 1.94 bits per heavy atom. The van der Waals surface area contributed by atoms with E-state index < -0.39 is 9.84 Å². The minimum atomic E-state index is -2.84. The number of sulfone groups is 1.